The van der Waals surface area contributed by atoms with E-state index in [2.05, 4.69) is 15.4 Å². The molecule has 0 saturated heterocycles. The second-order valence-corrected chi connectivity index (χ2v) is 8.44. The lowest BCUT2D eigenvalue weighted by Crippen LogP contribution is -2.32. The van der Waals surface area contributed by atoms with Crippen molar-refractivity contribution in [2.24, 2.45) is 0 Å². The molecule has 0 unspecified atom stereocenters. The first kappa shape index (κ1) is 24.3. The number of carbonyl (C=O) groups excluding carboxylic acids is 2. The molecule has 180 valence electrons. The Labute approximate surface area is 204 Å². The lowest BCUT2D eigenvalue weighted by Gasteiger charge is -2.20. The van der Waals surface area contributed by atoms with Crippen molar-refractivity contribution in [3.05, 3.63) is 82.3 Å². The van der Waals surface area contributed by atoms with Crippen LogP contribution in [0.5, 0.6) is 5.75 Å². The van der Waals surface area contributed by atoms with Crippen LogP contribution in [0.15, 0.2) is 48.8 Å². The second kappa shape index (κ2) is 9.79. The molecule has 0 aliphatic heterocycles. The van der Waals surface area contributed by atoms with Gasteiger partial charge in [-0.15, -0.1) is 0 Å². The lowest BCUT2D eigenvalue weighted by molar-refractivity contribution is -0.137. The topological polar surface area (TPSA) is 86.1 Å². The molecule has 0 radical (unpaired) electrons. The number of carbonyl (C=O) groups is 2. The molecule has 0 spiro atoms. The van der Waals surface area contributed by atoms with E-state index in [1.54, 1.807) is 32.0 Å². The van der Waals surface area contributed by atoms with Crippen molar-refractivity contribution in [3.8, 4) is 11.4 Å². The standard InChI is InChI=1S/C25H21ClF2N4O3/c1-13-7-22(32-11-17(28)10-29-32)18-5-4-6-23(24(18)30-13)35-12-20-19(8-16(27)9-21(20)26)14(2)31-25(34)15(3)33/h4-11,14H,12H2,1-3H3,(H,31,34)/t14-/m0/s1. The number of aromatic nitrogens is 3. The number of para-hydroxylation sites is 1. The molecular formula is C25H21ClF2N4O3. The molecule has 0 aliphatic rings. The number of hydrogen-bond acceptors (Lipinski definition) is 5. The number of aryl methyl sites for hydroxylation is 1. The number of amides is 1. The van der Waals surface area contributed by atoms with Gasteiger partial charge in [0.2, 0.25) is 5.78 Å². The maximum atomic E-state index is 14.1. The van der Waals surface area contributed by atoms with E-state index in [0.717, 1.165) is 19.2 Å². The number of nitrogens with one attached hydrogen (secondary N) is 1. The normalized spacial score (nSPS) is 11.9. The molecule has 2 aromatic carbocycles. The Balaban J connectivity index is 1.70. The fraction of sp³-hybridized carbons (Fsp3) is 0.200. The van der Waals surface area contributed by atoms with E-state index in [9.17, 15) is 18.4 Å². The molecule has 0 aliphatic carbocycles. The molecule has 4 rings (SSSR count). The van der Waals surface area contributed by atoms with Crippen LogP contribution in [0.1, 0.15) is 36.7 Å². The van der Waals surface area contributed by atoms with E-state index < -0.39 is 29.4 Å². The summed E-state index contributed by atoms with van der Waals surface area (Å²) in [7, 11) is 0. The molecule has 1 amide bonds. The first-order chi connectivity index (χ1) is 16.6. The van der Waals surface area contributed by atoms with E-state index in [1.807, 2.05) is 6.07 Å². The molecule has 2 aromatic heterocycles. The van der Waals surface area contributed by atoms with Gasteiger partial charge in [0.1, 0.15) is 23.7 Å². The van der Waals surface area contributed by atoms with E-state index in [-0.39, 0.29) is 11.6 Å². The maximum absolute atomic E-state index is 14.1. The average Bonchev–Trinajstić information content (AvgIpc) is 3.23. The van der Waals surface area contributed by atoms with Gasteiger partial charge in [0.05, 0.1) is 29.1 Å². The number of ketones is 1. The number of rotatable bonds is 7. The van der Waals surface area contributed by atoms with Gasteiger partial charge in [-0.2, -0.15) is 5.10 Å². The zero-order valence-corrected chi connectivity index (χ0v) is 19.9. The van der Waals surface area contributed by atoms with Crippen LogP contribution in [0.4, 0.5) is 8.78 Å². The molecule has 10 heteroatoms. The summed E-state index contributed by atoms with van der Waals surface area (Å²) in [5, 5.41) is 7.38. The molecule has 7 nitrogen and oxygen atoms in total. The average molecular weight is 499 g/mol. The molecule has 2 heterocycles. The van der Waals surface area contributed by atoms with Crippen LogP contribution in [0.3, 0.4) is 0 Å². The molecule has 0 fully saturated rings. The molecule has 0 bridgehead atoms. The van der Waals surface area contributed by atoms with Crippen molar-refractivity contribution < 1.29 is 23.1 Å². The van der Waals surface area contributed by atoms with Gasteiger partial charge in [0, 0.05) is 23.6 Å². The Morgan fingerprint density at radius 3 is 2.66 bits per heavy atom. The Morgan fingerprint density at radius 2 is 1.97 bits per heavy atom. The second-order valence-electron chi connectivity index (χ2n) is 8.03. The Morgan fingerprint density at radius 1 is 1.20 bits per heavy atom. The summed E-state index contributed by atoms with van der Waals surface area (Å²) in [4.78, 5) is 27.8. The summed E-state index contributed by atoms with van der Waals surface area (Å²) in [5.74, 6) is -2.09. The van der Waals surface area contributed by atoms with Gasteiger partial charge in [-0.25, -0.2) is 18.4 Å². The summed E-state index contributed by atoms with van der Waals surface area (Å²) in [6.45, 7) is 4.50. The zero-order chi connectivity index (χ0) is 25.3. The third-order valence-corrected chi connectivity index (χ3v) is 5.74. The third kappa shape index (κ3) is 5.14. The third-order valence-electron chi connectivity index (χ3n) is 5.41. The van der Waals surface area contributed by atoms with Gasteiger partial charge in [-0.05, 0) is 43.7 Å². The van der Waals surface area contributed by atoms with Crippen LogP contribution in [0.2, 0.25) is 5.02 Å². The molecule has 1 atom stereocenters. The highest BCUT2D eigenvalue weighted by Gasteiger charge is 2.20. The number of ether oxygens (including phenoxy) is 1. The first-order valence-electron chi connectivity index (χ1n) is 10.7. The molecule has 0 saturated carbocycles. The summed E-state index contributed by atoms with van der Waals surface area (Å²) in [6.07, 6.45) is 2.38. The Kier molecular flexibility index (Phi) is 6.79. The molecule has 35 heavy (non-hydrogen) atoms. The number of hydrogen-bond donors (Lipinski definition) is 1. The van der Waals surface area contributed by atoms with Crippen LogP contribution in [0, 0.1) is 18.6 Å². The molecule has 4 aromatic rings. The van der Waals surface area contributed by atoms with E-state index in [0.29, 0.717) is 39.2 Å². The summed E-state index contributed by atoms with van der Waals surface area (Å²) < 4.78 is 35.2. The van der Waals surface area contributed by atoms with Gasteiger partial charge in [0.15, 0.2) is 5.82 Å². The van der Waals surface area contributed by atoms with Crippen molar-refractivity contribution in [2.75, 3.05) is 0 Å². The van der Waals surface area contributed by atoms with Crippen LogP contribution < -0.4 is 10.1 Å². The molecule has 1 N–H and O–H groups in total. The number of Topliss-reactive ketones (excluding diaryl/α,β-unsaturated/α-hetero) is 1. The highest BCUT2D eigenvalue weighted by molar-refractivity contribution is 6.35. The van der Waals surface area contributed by atoms with Crippen molar-refractivity contribution >= 4 is 34.2 Å². The fourth-order valence-electron chi connectivity index (χ4n) is 3.76. The number of nitrogens with zero attached hydrogens (tertiary/aromatic N) is 3. The number of fused-ring (bicyclic) bond motifs is 1. The minimum absolute atomic E-state index is 0.0603. The number of benzene rings is 2. The van der Waals surface area contributed by atoms with Gasteiger partial charge in [-0.3, -0.25) is 9.59 Å². The predicted octanol–water partition coefficient (Wildman–Crippen LogP) is 5.01. The van der Waals surface area contributed by atoms with Crippen molar-refractivity contribution in [2.45, 2.75) is 33.4 Å². The van der Waals surface area contributed by atoms with Gasteiger partial charge in [0.25, 0.3) is 5.91 Å². The van der Waals surface area contributed by atoms with E-state index in [4.69, 9.17) is 16.3 Å². The quantitative estimate of drug-likeness (QED) is 0.362. The van der Waals surface area contributed by atoms with Crippen LogP contribution >= 0.6 is 11.6 Å². The minimum Gasteiger partial charge on any atom is -0.487 e. The SMILES string of the molecule is CC(=O)C(=O)N[C@@H](C)c1cc(F)cc(Cl)c1COc1cccc2c(-n3cc(F)cn3)cc(C)nc12. The summed E-state index contributed by atoms with van der Waals surface area (Å²) in [6, 6.07) is 8.78. The zero-order valence-electron chi connectivity index (χ0n) is 19.1. The van der Waals surface area contributed by atoms with E-state index in [1.165, 1.54) is 16.9 Å². The summed E-state index contributed by atoms with van der Waals surface area (Å²) >= 11 is 6.33. The van der Waals surface area contributed by atoms with Gasteiger partial charge >= 0.3 is 0 Å². The highest BCUT2D eigenvalue weighted by Crippen LogP contribution is 2.32. The lowest BCUT2D eigenvalue weighted by atomic mass is 10.0. The predicted molar refractivity (Wildman–Crippen MR) is 127 cm³/mol. The Bertz CT molecular complexity index is 1450. The monoisotopic (exact) mass is 498 g/mol. The van der Waals surface area contributed by atoms with Gasteiger partial charge < -0.3 is 10.1 Å². The first-order valence-corrected chi connectivity index (χ1v) is 11.0. The number of pyridine rings is 1. The fourth-order valence-corrected chi connectivity index (χ4v) is 4.02. The van der Waals surface area contributed by atoms with Crippen molar-refractivity contribution in [3.63, 3.8) is 0 Å². The summed E-state index contributed by atoms with van der Waals surface area (Å²) in [5.41, 5.74) is 2.64. The maximum Gasteiger partial charge on any atom is 0.287 e. The van der Waals surface area contributed by atoms with Gasteiger partial charge in [-0.1, -0.05) is 23.7 Å². The Hall–Kier alpha value is -3.85. The van der Waals surface area contributed by atoms with E-state index >= 15 is 0 Å². The number of halogens is 3. The van der Waals surface area contributed by atoms with Crippen molar-refractivity contribution in [1.29, 1.82) is 0 Å². The largest absolute Gasteiger partial charge is 0.487 e. The van der Waals surface area contributed by atoms with Crippen LogP contribution in [-0.4, -0.2) is 26.5 Å². The van der Waals surface area contributed by atoms with Crippen LogP contribution in [0.25, 0.3) is 16.6 Å². The van der Waals surface area contributed by atoms with Crippen LogP contribution in [-0.2, 0) is 16.2 Å². The smallest absolute Gasteiger partial charge is 0.287 e. The highest BCUT2D eigenvalue weighted by atomic mass is 35.5. The molecular weight excluding hydrogens is 478 g/mol. The minimum atomic E-state index is -0.791. The van der Waals surface area contributed by atoms with Crippen molar-refractivity contribution in [1.82, 2.24) is 20.1 Å².